The highest BCUT2D eigenvalue weighted by molar-refractivity contribution is 6.20. The predicted octanol–water partition coefficient (Wildman–Crippen LogP) is 0.0492. The zero-order chi connectivity index (χ0) is 4.41. The molecule has 2 nitrogen and oxygen atoms in total. The second-order valence-corrected chi connectivity index (χ2v) is 1.85. The van der Waals surface area contributed by atoms with Gasteiger partial charge in [-0.3, -0.25) is 5.43 Å². The highest BCUT2D eigenvalue weighted by Gasteiger charge is 2.07. The van der Waals surface area contributed by atoms with Gasteiger partial charge in [0, 0.05) is 6.54 Å². The van der Waals surface area contributed by atoms with Crippen LogP contribution in [-0.4, -0.2) is 12.0 Å². The maximum absolute atomic E-state index is 5.54. The Balaban J connectivity index is 2.18. The Bertz CT molecular complexity index is 42.1. The molecular weight excluding hydrogens is 99.5 g/mol. The molecule has 0 bridgehead atoms. The molecule has 0 radical (unpaired) electrons. The van der Waals surface area contributed by atoms with Crippen LogP contribution in [0.25, 0.3) is 0 Å². The minimum absolute atomic E-state index is 0.157. The van der Waals surface area contributed by atoms with Gasteiger partial charge in [-0.25, -0.2) is 5.43 Å². The van der Waals surface area contributed by atoms with Crippen LogP contribution in [0, 0.1) is 0 Å². The number of alkyl halides is 1. The van der Waals surface area contributed by atoms with Crippen LogP contribution in [0.5, 0.6) is 0 Å². The van der Waals surface area contributed by atoms with Gasteiger partial charge in [-0.2, -0.15) is 0 Å². The van der Waals surface area contributed by atoms with Crippen molar-refractivity contribution in [1.82, 2.24) is 10.9 Å². The maximum Gasteiger partial charge on any atom is 0.0964 e. The Kier molecular flexibility index (Phi) is 1.29. The van der Waals surface area contributed by atoms with E-state index in [2.05, 4.69) is 10.9 Å². The summed E-state index contributed by atoms with van der Waals surface area (Å²) in [6, 6.07) is 0. The first-order valence-electron chi connectivity index (χ1n) is 2.02. The summed E-state index contributed by atoms with van der Waals surface area (Å²) < 4.78 is 0. The lowest BCUT2D eigenvalue weighted by molar-refractivity contribution is 0.663. The zero-order valence-electron chi connectivity index (χ0n) is 3.37. The summed E-state index contributed by atoms with van der Waals surface area (Å²) in [6.45, 7) is 0.994. The van der Waals surface area contributed by atoms with Gasteiger partial charge in [0.05, 0.1) is 5.50 Å². The molecule has 2 N–H and O–H groups in total. The Labute approximate surface area is 41.8 Å². The molecule has 0 aromatic heterocycles. The molecule has 1 aliphatic rings. The molecule has 0 aromatic carbocycles. The lowest BCUT2D eigenvalue weighted by Gasteiger charge is -1.91. The number of hydrogen-bond donors (Lipinski definition) is 2. The minimum atomic E-state index is 0.157. The number of rotatable bonds is 0. The molecule has 1 aliphatic heterocycles. The number of hydrogen-bond acceptors (Lipinski definition) is 2. The summed E-state index contributed by atoms with van der Waals surface area (Å²) in [4.78, 5) is 0. The van der Waals surface area contributed by atoms with Gasteiger partial charge in [-0.15, -0.1) is 11.6 Å². The molecule has 36 valence electrons. The van der Waals surface area contributed by atoms with Gasteiger partial charge < -0.3 is 0 Å². The molecule has 1 fully saturated rings. The summed E-state index contributed by atoms with van der Waals surface area (Å²) in [5, 5.41) is 0. The van der Waals surface area contributed by atoms with Gasteiger partial charge in [-0.1, -0.05) is 0 Å². The number of halogens is 1. The van der Waals surface area contributed by atoms with Gasteiger partial charge in [0.1, 0.15) is 0 Å². The molecule has 1 heterocycles. The van der Waals surface area contributed by atoms with Crippen LogP contribution in [-0.2, 0) is 0 Å². The Hall–Kier alpha value is 0.210. The van der Waals surface area contributed by atoms with Crippen LogP contribution in [0.1, 0.15) is 6.42 Å². The minimum Gasteiger partial charge on any atom is -0.256 e. The van der Waals surface area contributed by atoms with E-state index in [1.807, 2.05) is 0 Å². The van der Waals surface area contributed by atoms with E-state index in [0.29, 0.717) is 0 Å². The molecule has 3 heteroatoms. The van der Waals surface area contributed by atoms with Crippen molar-refractivity contribution in [2.75, 3.05) is 6.54 Å². The molecule has 1 saturated heterocycles. The first kappa shape index (κ1) is 4.37. The number of hydrazine groups is 1. The van der Waals surface area contributed by atoms with Crippen molar-refractivity contribution in [1.29, 1.82) is 0 Å². The molecule has 0 aromatic rings. The van der Waals surface area contributed by atoms with E-state index in [1.54, 1.807) is 0 Å². The zero-order valence-corrected chi connectivity index (χ0v) is 4.13. The summed E-state index contributed by atoms with van der Waals surface area (Å²) in [5.74, 6) is 0. The Morgan fingerprint density at radius 1 is 1.67 bits per heavy atom. The average Bonchev–Trinajstić information content (AvgIpc) is 1.86. The van der Waals surface area contributed by atoms with Crippen molar-refractivity contribution >= 4 is 11.6 Å². The van der Waals surface area contributed by atoms with Crippen LogP contribution < -0.4 is 10.9 Å². The first-order valence-corrected chi connectivity index (χ1v) is 2.46. The normalized spacial score (nSPS) is 34.5. The van der Waals surface area contributed by atoms with Crippen LogP contribution in [0.4, 0.5) is 0 Å². The van der Waals surface area contributed by atoms with Crippen molar-refractivity contribution in [3.8, 4) is 0 Å². The van der Waals surface area contributed by atoms with E-state index in [0.717, 1.165) is 13.0 Å². The summed E-state index contributed by atoms with van der Waals surface area (Å²) >= 11 is 5.54. The van der Waals surface area contributed by atoms with Crippen molar-refractivity contribution in [3.05, 3.63) is 0 Å². The molecule has 0 spiro atoms. The third-order valence-electron chi connectivity index (χ3n) is 0.781. The molecular formula is C3H7ClN2. The fraction of sp³-hybridized carbons (Fsp3) is 1.00. The number of nitrogens with one attached hydrogen (secondary N) is 2. The van der Waals surface area contributed by atoms with Crippen molar-refractivity contribution in [2.24, 2.45) is 0 Å². The van der Waals surface area contributed by atoms with E-state index >= 15 is 0 Å². The largest absolute Gasteiger partial charge is 0.256 e. The van der Waals surface area contributed by atoms with Crippen LogP contribution in [0.2, 0.25) is 0 Å². The van der Waals surface area contributed by atoms with E-state index in [1.165, 1.54) is 0 Å². The fourth-order valence-corrected chi connectivity index (χ4v) is 0.640. The van der Waals surface area contributed by atoms with Gasteiger partial charge in [0.2, 0.25) is 0 Å². The predicted molar refractivity (Wildman–Crippen MR) is 25.4 cm³/mol. The van der Waals surface area contributed by atoms with E-state index < -0.39 is 0 Å². The lowest BCUT2D eigenvalue weighted by atomic mass is 10.5. The van der Waals surface area contributed by atoms with E-state index in [-0.39, 0.29) is 5.50 Å². The summed E-state index contributed by atoms with van der Waals surface area (Å²) in [6.07, 6.45) is 1.03. The SMILES string of the molecule is ClC1CCNN1. The lowest BCUT2D eigenvalue weighted by Crippen LogP contribution is -2.25. The third kappa shape index (κ3) is 0.834. The molecule has 6 heavy (non-hydrogen) atoms. The average molecular weight is 107 g/mol. The fourth-order valence-electron chi connectivity index (χ4n) is 0.454. The Morgan fingerprint density at radius 2 is 2.50 bits per heavy atom. The third-order valence-corrected chi connectivity index (χ3v) is 1.11. The highest BCUT2D eigenvalue weighted by Crippen LogP contribution is 1.98. The smallest absolute Gasteiger partial charge is 0.0964 e. The second-order valence-electron chi connectivity index (χ2n) is 1.33. The standard InChI is InChI=1S/C3H7ClN2/c4-3-1-2-5-6-3/h3,5-6H,1-2H2. The van der Waals surface area contributed by atoms with Crippen molar-refractivity contribution in [2.45, 2.75) is 11.9 Å². The van der Waals surface area contributed by atoms with Gasteiger partial charge >= 0.3 is 0 Å². The molecule has 1 atom stereocenters. The maximum atomic E-state index is 5.54. The van der Waals surface area contributed by atoms with Gasteiger partial charge in [0.15, 0.2) is 0 Å². The molecule has 0 saturated carbocycles. The van der Waals surface area contributed by atoms with Crippen LogP contribution in [0.15, 0.2) is 0 Å². The van der Waals surface area contributed by atoms with Crippen LogP contribution >= 0.6 is 11.6 Å². The van der Waals surface area contributed by atoms with E-state index in [4.69, 9.17) is 11.6 Å². The van der Waals surface area contributed by atoms with E-state index in [9.17, 15) is 0 Å². The molecule has 1 unspecified atom stereocenters. The highest BCUT2D eigenvalue weighted by atomic mass is 35.5. The summed E-state index contributed by atoms with van der Waals surface area (Å²) in [5.41, 5.74) is 5.88. The van der Waals surface area contributed by atoms with Crippen LogP contribution in [0.3, 0.4) is 0 Å². The molecule has 1 rings (SSSR count). The van der Waals surface area contributed by atoms with Crippen molar-refractivity contribution in [3.63, 3.8) is 0 Å². The quantitative estimate of drug-likeness (QED) is 0.337. The van der Waals surface area contributed by atoms with Gasteiger partial charge in [0.25, 0.3) is 0 Å². The summed E-state index contributed by atoms with van der Waals surface area (Å²) in [7, 11) is 0. The topological polar surface area (TPSA) is 24.1 Å². The van der Waals surface area contributed by atoms with Gasteiger partial charge in [-0.05, 0) is 6.42 Å². The molecule has 0 aliphatic carbocycles. The Morgan fingerprint density at radius 3 is 2.67 bits per heavy atom. The molecule has 0 amide bonds. The van der Waals surface area contributed by atoms with Crippen molar-refractivity contribution < 1.29 is 0 Å². The monoisotopic (exact) mass is 106 g/mol. The first-order chi connectivity index (χ1) is 2.89. The second kappa shape index (κ2) is 1.78.